The molecule has 1 aromatic rings. The normalized spacial score (nSPS) is 10.2. The van der Waals surface area contributed by atoms with E-state index < -0.39 is 0 Å². The molecule has 0 spiro atoms. The van der Waals surface area contributed by atoms with Crippen molar-refractivity contribution in [1.82, 2.24) is 10.2 Å². The van der Waals surface area contributed by atoms with Crippen LogP contribution in [-0.4, -0.2) is 29.2 Å². The lowest BCUT2D eigenvalue weighted by Crippen LogP contribution is -2.25. The highest BCUT2D eigenvalue weighted by Gasteiger charge is 2.05. The summed E-state index contributed by atoms with van der Waals surface area (Å²) in [6, 6.07) is 2.05. The van der Waals surface area contributed by atoms with Crippen LogP contribution in [0.4, 0.5) is 5.82 Å². The second-order valence-electron chi connectivity index (χ2n) is 3.21. The van der Waals surface area contributed by atoms with Gasteiger partial charge in [0, 0.05) is 19.0 Å². The Labute approximate surface area is 90.1 Å². The summed E-state index contributed by atoms with van der Waals surface area (Å²) in [5, 5.41) is 8.03. The van der Waals surface area contributed by atoms with Gasteiger partial charge in [-0.15, -0.1) is 16.7 Å². The fraction of sp³-hybridized carbons (Fsp3) is 0.600. The number of nitrogens with zero attached hydrogens (tertiary/aromatic N) is 3. The second kappa shape index (κ2) is 5.81. The summed E-state index contributed by atoms with van der Waals surface area (Å²) in [5.74, 6) is 1.63. The van der Waals surface area contributed by atoms with Crippen molar-refractivity contribution in [2.45, 2.75) is 20.3 Å². The van der Waals surface area contributed by atoms with Crippen LogP contribution in [0.1, 0.15) is 18.9 Å². The van der Waals surface area contributed by atoms with Crippen molar-refractivity contribution in [3.63, 3.8) is 0 Å². The fourth-order valence-corrected chi connectivity index (χ4v) is 1.41. The number of hydrogen-bond donors (Lipinski definition) is 0. The Kier molecular flexibility index (Phi) is 4.66. The summed E-state index contributed by atoms with van der Waals surface area (Å²) in [7, 11) is 0. The molecule has 0 unspecified atom stereocenters. The number of halogens is 1. The molecule has 0 aromatic carbocycles. The Hall–Kier alpha value is -0.830. The largest absolute Gasteiger partial charge is 0.355 e. The van der Waals surface area contributed by atoms with Gasteiger partial charge in [-0.05, 0) is 31.9 Å². The van der Waals surface area contributed by atoms with Crippen LogP contribution in [0, 0.1) is 6.92 Å². The van der Waals surface area contributed by atoms with Crippen LogP contribution in [-0.2, 0) is 0 Å². The molecule has 0 atom stereocenters. The van der Waals surface area contributed by atoms with Crippen molar-refractivity contribution < 1.29 is 0 Å². The Morgan fingerprint density at radius 1 is 1.50 bits per heavy atom. The third kappa shape index (κ3) is 3.14. The highest BCUT2D eigenvalue weighted by Crippen LogP contribution is 2.10. The summed E-state index contributed by atoms with van der Waals surface area (Å²) in [4.78, 5) is 2.18. The predicted octanol–water partition coefficient (Wildman–Crippen LogP) is 2.24. The van der Waals surface area contributed by atoms with Gasteiger partial charge in [-0.2, -0.15) is 5.10 Å². The second-order valence-corrected chi connectivity index (χ2v) is 3.59. The van der Waals surface area contributed by atoms with E-state index in [-0.39, 0.29) is 0 Å². The molecule has 14 heavy (non-hydrogen) atoms. The Morgan fingerprint density at radius 2 is 2.29 bits per heavy atom. The molecule has 1 aromatic heterocycles. The minimum atomic E-state index is 0.690. The third-order valence-electron chi connectivity index (χ3n) is 2.05. The van der Waals surface area contributed by atoms with Crippen molar-refractivity contribution in [2.75, 3.05) is 23.9 Å². The first kappa shape index (κ1) is 11.2. The fourth-order valence-electron chi connectivity index (χ4n) is 1.29. The van der Waals surface area contributed by atoms with Gasteiger partial charge in [0.05, 0.1) is 6.20 Å². The van der Waals surface area contributed by atoms with E-state index in [4.69, 9.17) is 11.6 Å². The van der Waals surface area contributed by atoms with Crippen LogP contribution < -0.4 is 4.90 Å². The average molecular weight is 214 g/mol. The summed E-state index contributed by atoms with van der Waals surface area (Å²) >= 11 is 5.66. The van der Waals surface area contributed by atoms with Crippen molar-refractivity contribution in [2.24, 2.45) is 0 Å². The number of aryl methyl sites for hydroxylation is 1. The molecule has 0 saturated carbocycles. The van der Waals surface area contributed by atoms with Crippen LogP contribution in [0.15, 0.2) is 12.3 Å². The predicted molar refractivity (Wildman–Crippen MR) is 60.0 cm³/mol. The zero-order valence-electron chi connectivity index (χ0n) is 8.70. The lowest BCUT2D eigenvalue weighted by molar-refractivity contribution is 0.768. The van der Waals surface area contributed by atoms with Gasteiger partial charge in [0.15, 0.2) is 5.82 Å². The molecule has 0 radical (unpaired) electrons. The van der Waals surface area contributed by atoms with E-state index >= 15 is 0 Å². The molecule has 0 aliphatic heterocycles. The molecule has 0 bridgehead atoms. The maximum atomic E-state index is 5.66. The molecule has 0 N–H and O–H groups in total. The topological polar surface area (TPSA) is 29.0 Å². The Bertz CT molecular complexity index is 278. The van der Waals surface area contributed by atoms with Gasteiger partial charge in [0.1, 0.15) is 0 Å². The first-order chi connectivity index (χ1) is 6.77. The van der Waals surface area contributed by atoms with Crippen LogP contribution in [0.3, 0.4) is 0 Å². The number of alkyl halides is 1. The van der Waals surface area contributed by atoms with Gasteiger partial charge in [-0.25, -0.2) is 0 Å². The van der Waals surface area contributed by atoms with Crippen LogP contribution in [0.25, 0.3) is 0 Å². The number of rotatable bonds is 5. The first-order valence-electron chi connectivity index (χ1n) is 4.88. The lowest BCUT2D eigenvalue weighted by Gasteiger charge is -2.20. The Balaban J connectivity index is 2.68. The molecule has 4 heteroatoms. The molecule has 78 valence electrons. The molecular weight excluding hydrogens is 198 g/mol. The van der Waals surface area contributed by atoms with Gasteiger partial charge < -0.3 is 4.90 Å². The number of aromatic nitrogens is 2. The zero-order valence-corrected chi connectivity index (χ0v) is 9.46. The van der Waals surface area contributed by atoms with Gasteiger partial charge in [-0.1, -0.05) is 0 Å². The van der Waals surface area contributed by atoms with Gasteiger partial charge >= 0.3 is 0 Å². The molecule has 3 nitrogen and oxygen atoms in total. The highest BCUT2D eigenvalue weighted by molar-refractivity contribution is 6.17. The van der Waals surface area contributed by atoms with Gasteiger partial charge in [0.2, 0.25) is 0 Å². The molecule has 0 aliphatic carbocycles. The molecule has 0 saturated heterocycles. The average Bonchev–Trinajstić information content (AvgIpc) is 2.19. The minimum absolute atomic E-state index is 0.690. The molecular formula is C10H16ClN3. The van der Waals surface area contributed by atoms with Crippen molar-refractivity contribution in [3.8, 4) is 0 Å². The summed E-state index contributed by atoms with van der Waals surface area (Å²) in [6.07, 6.45) is 2.74. The van der Waals surface area contributed by atoms with E-state index in [0.717, 1.165) is 30.9 Å². The number of hydrogen-bond acceptors (Lipinski definition) is 3. The molecule has 0 aliphatic rings. The third-order valence-corrected chi connectivity index (χ3v) is 2.31. The van der Waals surface area contributed by atoms with Gasteiger partial charge in [0.25, 0.3) is 0 Å². The molecule has 0 fully saturated rings. The Morgan fingerprint density at radius 3 is 2.86 bits per heavy atom. The molecule has 0 amide bonds. The monoisotopic (exact) mass is 213 g/mol. The lowest BCUT2D eigenvalue weighted by atomic mass is 10.3. The van der Waals surface area contributed by atoms with Crippen LogP contribution in [0.2, 0.25) is 0 Å². The van der Waals surface area contributed by atoms with Crippen molar-refractivity contribution >= 4 is 17.4 Å². The maximum Gasteiger partial charge on any atom is 0.151 e. The smallest absolute Gasteiger partial charge is 0.151 e. The van der Waals surface area contributed by atoms with E-state index in [1.807, 2.05) is 13.0 Å². The molecule has 1 rings (SSSR count). The maximum absolute atomic E-state index is 5.66. The summed E-state index contributed by atoms with van der Waals surface area (Å²) in [6.45, 7) is 6.01. The van der Waals surface area contributed by atoms with Crippen molar-refractivity contribution in [3.05, 3.63) is 17.8 Å². The molecule has 1 heterocycles. The van der Waals surface area contributed by atoms with Crippen LogP contribution in [0.5, 0.6) is 0 Å². The van der Waals surface area contributed by atoms with Gasteiger partial charge in [-0.3, -0.25) is 0 Å². The van der Waals surface area contributed by atoms with E-state index in [0.29, 0.717) is 5.88 Å². The SMILES string of the molecule is CCN(CCCCl)c1cc(C)cnn1. The standard InChI is InChI=1S/C10H16ClN3/c1-3-14(6-4-5-11)10-7-9(2)8-12-13-10/h7-8H,3-6H2,1-2H3. The summed E-state index contributed by atoms with van der Waals surface area (Å²) in [5.41, 5.74) is 1.14. The summed E-state index contributed by atoms with van der Waals surface area (Å²) < 4.78 is 0. The highest BCUT2D eigenvalue weighted by atomic mass is 35.5. The van der Waals surface area contributed by atoms with Crippen LogP contribution >= 0.6 is 11.6 Å². The first-order valence-corrected chi connectivity index (χ1v) is 5.41. The van der Waals surface area contributed by atoms with E-state index in [1.54, 1.807) is 6.20 Å². The van der Waals surface area contributed by atoms with E-state index in [1.165, 1.54) is 0 Å². The van der Waals surface area contributed by atoms with Crippen molar-refractivity contribution in [1.29, 1.82) is 0 Å². The van der Waals surface area contributed by atoms with E-state index in [2.05, 4.69) is 22.0 Å². The number of anilines is 1. The van der Waals surface area contributed by atoms with E-state index in [9.17, 15) is 0 Å². The quantitative estimate of drug-likeness (QED) is 0.703. The zero-order chi connectivity index (χ0) is 10.4. The minimum Gasteiger partial charge on any atom is -0.355 e.